The first-order chi connectivity index (χ1) is 12.7. The van der Waals surface area contributed by atoms with Gasteiger partial charge in [-0.3, -0.25) is 9.78 Å². The molecule has 6 nitrogen and oxygen atoms in total. The van der Waals surface area contributed by atoms with E-state index in [1.165, 1.54) is 6.20 Å². The highest BCUT2D eigenvalue weighted by molar-refractivity contribution is 6.04. The minimum Gasteiger partial charge on any atom is -0.497 e. The lowest BCUT2D eigenvalue weighted by atomic mass is 10.2. The Morgan fingerprint density at radius 3 is 2.19 bits per heavy atom. The molecule has 6 heteroatoms. The molecule has 0 fully saturated rings. The number of rotatable bonds is 6. The number of nitrogens with one attached hydrogen (secondary N) is 2. The first kappa shape index (κ1) is 17.3. The molecule has 0 saturated heterocycles. The molecule has 0 spiro atoms. The van der Waals surface area contributed by atoms with Gasteiger partial charge in [0, 0.05) is 29.7 Å². The summed E-state index contributed by atoms with van der Waals surface area (Å²) < 4.78 is 10.4. The van der Waals surface area contributed by atoms with E-state index >= 15 is 0 Å². The van der Waals surface area contributed by atoms with E-state index in [0.717, 1.165) is 11.4 Å². The van der Waals surface area contributed by atoms with Gasteiger partial charge in [-0.05, 0) is 30.3 Å². The van der Waals surface area contributed by atoms with E-state index in [1.54, 1.807) is 38.6 Å². The average Bonchev–Trinajstić information content (AvgIpc) is 2.68. The van der Waals surface area contributed by atoms with E-state index in [2.05, 4.69) is 15.6 Å². The van der Waals surface area contributed by atoms with E-state index in [4.69, 9.17) is 9.47 Å². The van der Waals surface area contributed by atoms with Crippen molar-refractivity contribution < 1.29 is 14.3 Å². The van der Waals surface area contributed by atoms with Crippen LogP contribution in [0.2, 0.25) is 0 Å². The van der Waals surface area contributed by atoms with Crippen LogP contribution in [0, 0.1) is 0 Å². The van der Waals surface area contributed by atoms with Crippen LogP contribution in [0.1, 0.15) is 10.4 Å². The fraction of sp³-hybridized carbons (Fsp3) is 0.100. The first-order valence-electron chi connectivity index (χ1n) is 7.99. The van der Waals surface area contributed by atoms with Crippen LogP contribution in [0.15, 0.2) is 67.0 Å². The number of benzene rings is 2. The monoisotopic (exact) mass is 349 g/mol. The van der Waals surface area contributed by atoms with Gasteiger partial charge in [-0.25, -0.2) is 0 Å². The van der Waals surface area contributed by atoms with Crippen LogP contribution >= 0.6 is 0 Å². The molecule has 3 aromatic rings. The van der Waals surface area contributed by atoms with E-state index in [-0.39, 0.29) is 5.91 Å². The number of hydrogen-bond donors (Lipinski definition) is 2. The van der Waals surface area contributed by atoms with Crippen LogP contribution < -0.4 is 20.1 Å². The largest absolute Gasteiger partial charge is 0.497 e. The number of carbonyl (C=O) groups is 1. The number of amides is 1. The van der Waals surface area contributed by atoms with E-state index in [0.29, 0.717) is 22.7 Å². The number of pyridine rings is 1. The standard InChI is InChI=1S/C20H19N3O3/c1-25-18-7-3-5-15(10-18)22-17-9-14(12-21-13-17)20(24)23-16-6-4-8-19(11-16)26-2/h3-13,22H,1-2H3,(H,23,24). The smallest absolute Gasteiger partial charge is 0.257 e. The van der Waals surface area contributed by atoms with Gasteiger partial charge in [0.2, 0.25) is 0 Å². The van der Waals surface area contributed by atoms with Crippen LogP contribution in [0.25, 0.3) is 0 Å². The zero-order valence-electron chi connectivity index (χ0n) is 14.5. The van der Waals surface area contributed by atoms with Crippen molar-refractivity contribution in [3.05, 3.63) is 72.6 Å². The number of methoxy groups -OCH3 is 2. The van der Waals surface area contributed by atoms with Gasteiger partial charge in [-0.1, -0.05) is 12.1 Å². The second kappa shape index (κ2) is 8.02. The maximum Gasteiger partial charge on any atom is 0.257 e. The lowest BCUT2D eigenvalue weighted by molar-refractivity contribution is 0.102. The van der Waals surface area contributed by atoms with Gasteiger partial charge in [0.15, 0.2) is 0 Å². The quantitative estimate of drug-likeness (QED) is 0.701. The lowest BCUT2D eigenvalue weighted by Crippen LogP contribution is -2.12. The highest BCUT2D eigenvalue weighted by Gasteiger charge is 2.08. The molecule has 0 radical (unpaired) electrons. The summed E-state index contributed by atoms with van der Waals surface area (Å²) >= 11 is 0. The Kier molecular flexibility index (Phi) is 5.34. The summed E-state index contributed by atoms with van der Waals surface area (Å²) in [6.07, 6.45) is 3.17. The normalized spacial score (nSPS) is 10.1. The molecule has 1 amide bonds. The van der Waals surface area contributed by atoms with Crippen LogP contribution in [0.3, 0.4) is 0 Å². The van der Waals surface area contributed by atoms with Crippen LogP contribution in [-0.4, -0.2) is 25.1 Å². The third-order valence-electron chi connectivity index (χ3n) is 3.69. The molecule has 0 atom stereocenters. The molecule has 132 valence electrons. The second-order valence-electron chi connectivity index (χ2n) is 5.51. The Morgan fingerprint density at radius 1 is 0.846 bits per heavy atom. The highest BCUT2D eigenvalue weighted by atomic mass is 16.5. The fourth-order valence-electron chi connectivity index (χ4n) is 2.40. The van der Waals surface area contributed by atoms with Crippen molar-refractivity contribution in [1.29, 1.82) is 0 Å². The number of anilines is 3. The van der Waals surface area contributed by atoms with E-state index in [9.17, 15) is 4.79 Å². The molecule has 26 heavy (non-hydrogen) atoms. The molecule has 2 N–H and O–H groups in total. The predicted molar refractivity (Wildman–Crippen MR) is 101 cm³/mol. The Hall–Kier alpha value is -3.54. The predicted octanol–water partition coefficient (Wildman–Crippen LogP) is 4.09. The van der Waals surface area contributed by atoms with E-state index in [1.807, 2.05) is 36.4 Å². The molecule has 0 bridgehead atoms. The fourth-order valence-corrected chi connectivity index (χ4v) is 2.40. The molecule has 3 rings (SSSR count). The van der Waals surface area contributed by atoms with Crippen molar-refractivity contribution in [2.75, 3.05) is 24.9 Å². The Bertz CT molecular complexity index is 912. The molecule has 1 heterocycles. The van der Waals surface area contributed by atoms with Gasteiger partial charge >= 0.3 is 0 Å². The van der Waals surface area contributed by atoms with Crippen LogP contribution in [-0.2, 0) is 0 Å². The molecule has 1 aromatic heterocycles. The van der Waals surface area contributed by atoms with E-state index < -0.39 is 0 Å². The highest BCUT2D eigenvalue weighted by Crippen LogP contribution is 2.22. The molecule has 0 saturated carbocycles. The number of aromatic nitrogens is 1. The summed E-state index contributed by atoms with van der Waals surface area (Å²) in [6.45, 7) is 0. The van der Waals surface area contributed by atoms with Gasteiger partial charge in [0.1, 0.15) is 11.5 Å². The van der Waals surface area contributed by atoms with Crippen LogP contribution in [0.4, 0.5) is 17.1 Å². The Morgan fingerprint density at radius 2 is 1.50 bits per heavy atom. The average molecular weight is 349 g/mol. The molecule has 0 aliphatic rings. The number of carbonyl (C=O) groups excluding carboxylic acids is 1. The topological polar surface area (TPSA) is 72.5 Å². The van der Waals surface area contributed by atoms with Gasteiger partial charge in [0.05, 0.1) is 31.7 Å². The lowest BCUT2D eigenvalue weighted by Gasteiger charge is -2.10. The third-order valence-corrected chi connectivity index (χ3v) is 3.69. The summed E-state index contributed by atoms with van der Waals surface area (Å²) in [7, 11) is 3.20. The summed E-state index contributed by atoms with van der Waals surface area (Å²) in [5.74, 6) is 1.17. The Balaban J connectivity index is 1.74. The number of nitrogens with zero attached hydrogens (tertiary/aromatic N) is 1. The van der Waals surface area contributed by atoms with Gasteiger partial charge in [0.25, 0.3) is 5.91 Å². The summed E-state index contributed by atoms with van der Waals surface area (Å²) in [4.78, 5) is 16.6. The summed E-state index contributed by atoms with van der Waals surface area (Å²) in [5.41, 5.74) is 2.65. The molecule has 2 aromatic carbocycles. The zero-order chi connectivity index (χ0) is 18.4. The second-order valence-corrected chi connectivity index (χ2v) is 5.51. The first-order valence-corrected chi connectivity index (χ1v) is 7.99. The molecular weight excluding hydrogens is 330 g/mol. The zero-order valence-corrected chi connectivity index (χ0v) is 14.5. The van der Waals surface area contributed by atoms with Gasteiger partial charge in [-0.15, -0.1) is 0 Å². The maximum absolute atomic E-state index is 12.5. The van der Waals surface area contributed by atoms with Crippen molar-refractivity contribution >= 4 is 23.0 Å². The maximum atomic E-state index is 12.5. The van der Waals surface area contributed by atoms with Crippen molar-refractivity contribution in [3.8, 4) is 11.5 Å². The third kappa shape index (κ3) is 4.30. The van der Waals surface area contributed by atoms with Crippen LogP contribution in [0.5, 0.6) is 11.5 Å². The summed E-state index contributed by atoms with van der Waals surface area (Å²) in [6, 6.07) is 16.4. The summed E-state index contributed by atoms with van der Waals surface area (Å²) in [5, 5.41) is 6.05. The van der Waals surface area contributed by atoms with Crippen molar-refractivity contribution in [2.24, 2.45) is 0 Å². The SMILES string of the molecule is COc1cccc(NC(=O)c2cncc(Nc3cccc(OC)c3)c2)c1. The molecule has 0 aliphatic heterocycles. The Labute approximate surface area is 151 Å². The minimum atomic E-state index is -0.250. The molecule has 0 aliphatic carbocycles. The number of hydrogen-bond acceptors (Lipinski definition) is 5. The van der Waals surface area contributed by atoms with Crippen molar-refractivity contribution in [2.45, 2.75) is 0 Å². The van der Waals surface area contributed by atoms with Gasteiger partial charge < -0.3 is 20.1 Å². The van der Waals surface area contributed by atoms with Crippen molar-refractivity contribution in [3.63, 3.8) is 0 Å². The minimum absolute atomic E-state index is 0.250. The number of ether oxygens (including phenoxy) is 2. The molecular formula is C20H19N3O3. The van der Waals surface area contributed by atoms with Gasteiger partial charge in [-0.2, -0.15) is 0 Å². The van der Waals surface area contributed by atoms with Crippen molar-refractivity contribution in [1.82, 2.24) is 4.98 Å². The molecule has 0 unspecified atom stereocenters.